The SMILES string of the molecule is CCC1CCCC(NCC(O)COC(C)COC)C1. The number of nitrogens with one attached hydrogen (secondary N) is 1. The topological polar surface area (TPSA) is 50.7 Å². The van der Waals surface area contributed by atoms with E-state index in [9.17, 15) is 5.11 Å². The summed E-state index contributed by atoms with van der Waals surface area (Å²) in [6.45, 7) is 5.80. The number of hydrogen-bond acceptors (Lipinski definition) is 4. The maximum Gasteiger partial charge on any atom is 0.0897 e. The lowest BCUT2D eigenvalue weighted by atomic mass is 9.84. The van der Waals surface area contributed by atoms with Crippen LogP contribution in [0.5, 0.6) is 0 Å². The molecule has 0 aromatic carbocycles. The molecule has 19 heavy (non-hydrogen) atoms. The van der Waals surface area contributed by atoms with Gasteiger partial charge in [0.1, 0.15) is 0 Å². The van der Waals surface area contributed by atoms with Gasteiger partial charge >= 0.3 is 0 Å². The molecule has 4 unspecified atom stereocenters. The lowest BCUT2D eigenvalue weighted by molar-refractivity contribution is -0.0319. The Hall–Kier alpha value is -0.160. The summed E-state index contributed by atoms with van der Waals surface area (Å²) < 4.78 is 10.5. The molecule has 0 aromatic heterocycles. The monoisotopic (exact) mass is 273 g/mol. The first kappa shape index (κ1) is 16.9. The molecule has 0 aliphatic heterocycles. The third-order valence-electron chi connectivity index (χ3n) is 3.98. The van der Waals surface area contributed by atoms with Crippen molar-refractivity contribution in [1.82, 2.24) is 5.32 Å². The Morgan fingerprint density at radius 3 is 2.79 bits per heavy atom. The molecule has 0 heterocycles. The van der Waals surface area contributed by atoms with Gasteiger partial charge in [-0.1, -0.05) is 26.2 Å². The van der Waals surface area contributed by atoms with E-state index in [0.29, 0.717) is 25.8 Å². The van der Waals surface area contributed by atoms with Crippen molar-refractivity contribution in [3.63, 3.8) is 0 Å². The molecule has 4 nitrogen and oxygen atoms in total. The number of ether oxygens (including phenoxy) is 2. The molecule has 0 spiro atoms. The largest absolute Gasteiger partial charge is 0.389 e. The van der Waals surface area contributed by atoms with Gasteiger partial charge in [-0.05, 0) is 25.7 Å². The summed E-state index contributed by atoms with van der Waals surface area (Å²) >= 11 is 0. The standard InChI is InChI=1S/C15H31NO3/c1-4-13-6-5-7-14(8-13)16-9-15(17)11-19-12(2)10-18-3/h12-17H,4-11H2,1-3H3. The van der Waals surface area contributed by atoms with Crippen LogP contribution in [0.15, 0.2) is 0 Å². The van der Waals surface area contributed by atoms with Gasteiger partial charge in [-0.3, -0.25) is 0 Å². The zero-order chi connectivity index (χ0) is 14.1. The van der Waals surface area contributed by atoms with Crippen molar-refractivity contribution in [3.05, 3.63) is 0 Å². The minimum atomic E-state index is -0.429. The van der Waals surface area contributed by atoms with Gasteiger partial charge in [0.2, 0.25) is 0 Å². The van der Waals surface area contributed by atoms with Crippen molar-refractivity contribution < 1.29 is 14.6 Å². The van der Waals surface area contributed by atoms with E-state index in [0.717, 1.165) is 5.92 Å². The Labute approximate surface area is 117 Å². The van der Waals surface area contributed by atoms with E-state index >= 15 is 0 Å². The van der Waals surface area contributed by atoms with Crippen LogP contribution in [0.25, 0.3) is 0 Å². The maximum absolute atomic E-state index is 9.89. The van der Waals surface area contributed by atoms with Crippen molar-refractivity contribution in [1.29, 1.82) is 0 Å². The molecule has 1 fully saturated rings. The average Bonchev–Trinajstić information content (AvgIpc) is 2.43. The van der Waals surface area contributed by atoms with Crippen molar-refractivity contribution in [2.45, 2.75) is 64.2 Å². The van der Waals surface area contributed by atoms with Gasteiger partial charge in [-0.15, -0.1) is 0 Å². The summed E-state index contributed by atoms with van der Waals surface area (Å²) in [7, 11) is 1.66. The molecule has 1 saturated carbocycles. The van der Waals surface area contributed by atoms with E-state index in [2.05, 4.69) is 12.2 Å². The summed E-state index contributed by atoms with van der Waals surface area (Å²) in [6, 6.07) is 0.574. The number of hydrogen-bond donors (Lipinski definition) is 2. The molecule has 1 rings (SSSR count). The summed E-state index contributed by atoms with van der Waals surface area (Å²) in [6.07, 6.45) is 6.06. The number of rotatable bonds is 9. The van der Waals surface area contributed by atoms with E-state index in [1.165, 1.54) is 32.1 Å². The van der Waals surface area contributed by atoms with Crippen LogP contribution in [0.3, 0.4) is 0 Å². The van der Waals surface area contributed by atoms with Crippen LogP contribution in [0, 0.1) is 5.92 Å². The van der Waals surface area contributed by atoms with Crippen LogP contribution in [0.2, 0.25) is 0 Å². The van der Waals surface area contributed by atoms with Gasteiger partial charge in [0.25, 0.3) is 0 Å². The lowest BCUT2D eigenvalue weighted by Crippen LogP contribution is -2.40. The first-order valence-corrected chi connectivity index (χ1v) is 7.67. The first-order valence-electron chi connectivity index (χ1n) is 7.67. The number of aliphatic hydroxyl groups is 1. The third-order valence-corrected chi connectivity index (χ3v) is 3.98. The van der Waals surface area contributed by atoms with Gasteiger partial charge in [-0.25, -0.2) is 0 Å². The van der Waals surface area contributed by atoms with Crippen LogP contribution in [0.4, 0.5) is 0 Å². The lowest BCUT2D eigenvalue weighted by Gasteiger charge is -2.30. The van der Waals surface area contributed by atoms with Crippen molar-refractivity contribution in [3.8, 4) is 0 Å². The predicted octanol–water partition coefficient (Wildman–Crippen LogP) is 1.96. The molecule has 4 heteroatoms. The Balaban J connectivity index is 2.10. The van der Waals surface area contributed by atoms with E-state index in [1.807, 2.05) is 6.92 Å². The zero-order valence-corrected chi connectivity index (χ0v) is 12.7. The van der Waals surface area contributed by atoms with Crippen molar-refractivity contribution in [2.75, 3.05) is 26.9 Å². The van der Waals surface area contributed by atoms with E-state index in [1.54, 1.807) is 7.11 Å². The molecule has 0 saturated heterocycles. The van der Waals surface area contributed by atoms with Gasteiger partial charge in [0.15, 0.2) is 0 Å². The molecule has 114 valence electrons. The fourth-order valence-electron chi connectivity index (χ4n) is 2.77. The second-order valence-corrected chi connectivity index (χ2v) is 5.80. The van der Waals surface area contributed by atoms with Crippen molar-refractivity contribution >= 4 is 0 Å². The summed E-state index contributed by atoms with van der Waals surface area (Å²) in [5.74, 6) is 0.862. The molecule has 0 aromatic rings. The highest BCUT2D eigenvalue weighted by atomic mass is 16.5. The van der Waals surface area contributed by atoms with Gasteiger partial charge < -0.3 is 19.9 Å². The first-order chi connectivity index (χ1) is 9.15. The Morgan fingerprint density at radius 1 is 1.32 bits per heavy atom. The van der Waals surface area contributed by atoms with Gasteiger partial charge in [-0.2, -0.15) is 0 Å². The molecule has 0 amide bonds. The molecule has 0 bridgehead atoms. The number of aliphatic hydroxyl groups excluding tert-OH is 1. The van der Waals surface area contributed by atoms with Gasteiger partial charge in [0.05, 0.1) is 25.4 Å². The van der Waals surface area contributed by atoms with E-state index < -0.39 is 6.10 Å². The van der Waals surface area contributed by atoms with Crippen LogP contribution in [-0.2, 0) is 9.47 Å². The van der Waals surface area contributed by atoms with E-state index in [4.69, 9.17) is 9.47 Å². The Kier molecular flexibility index (Phi) is 8.62. The van der Waals surface area contributed by atoms with Crippen LogP contribution >= 0.6 is 0 Å². The average molecular weight is 273 g/mol. The van der Waals surface area contributed by atoms with Crippen molar-refractivity contribution in [2.24, 2.45) is 5.92 Å². The number of methoxy groups -OCH3 is 1. The predicted molar refractivity (Wildman–Crippen MR) is 77.3 cm³/mol. The van der Waals surface area contributed by atoms with Crippen LogP contribution in [-0.4, -0.2) is 50.2 Å². The summed E-state index contributed by atoms with van der Waals surface area (Å²) in [4.78, 5) is 0. The zero-order valence-electron chi connectivity index (χ0n) is 12.7. The Morgan fingerprint density at radius 2 is 2.11 bits per heavy atom. The highest BCUT2D eigenvalue weighted by molar-refractivity contribution is 4.78. The highest BCUT2D eigenvalue weighted by Crippen LogP contribution is 2.26. The third kappa shape index (κ3) is 7.25. The second-order valence-electron chi connectivity index (χ2n) is 5.80. The highest BCUT2D eigenvalue weighted by Gasteiger charge is 2.21. The molecule has 1 aliphatic carbocycles. The fraction of sp³-hybridized carbons (Fsp3) is 1.00. The normalized spacial score (nSPS) is 27.2. The fourth-order valence-corrected chi connectivity index (χ4v) is 2.77. The molecule has 4 atom stereocenters. The molecular formula is C15H31NO3. The Bertz CT molecular complexity index is 225. The summed E-state index contributed by atoms with van der Waals surface area (Å²) in [5.41, 5.74) is 0. The van der Waals surface area contributed by atoms with E-state index in [-0.39, 0.29) is 6.10 Å². The molecule has 0 radical (unpaired) electrons. The van der Waals surface area contributed by atoms with Gasteiger partial charge in [0, 0.05) is 19.7 Å². The molecule has 1 aliphatic rings. The second kappa shape index (κ2) is 9.70. The summed E-state index contributed by atoms with van der Waals surface area (Å²) in [5, 5.41) is 13.4. The van der Waals surface area contributed by atoms with Crippen LogP contribution < -0.4 is 5.32 Å². The smallest absolute Gasteiger partial charge is 0.0897 e. The minimum Gasteiger partial charge on any atom is -0.389 e. The molecule has 2 N–H and O–H groups in total. The van der Waals surface area contributed by atoms with Crippen LogP contribution in [0.1, 0.15) is 46.0 Å². The quantitative estimate of drug-likeness (QED) is 0.674. The molecular weight excluding hydrogens is 242 g/mol. The minimum absolute atomic E-state index is 0.0406. The maximum atomic E-state index is 9.89.